The Morgan fingerprint density at radius 2 is 1.94 bits per heavy atom. The minimum absolute atomic E-state index is 0.132. The average molecular weight is 266 g/mol. The lowest BCUT2D eigenvalue weighted by molar-refractivity contribution is 0.385. The molecule has 0 aliphatic carbocycles. The normalized spacial score (nSPS) is 11.8. The molecule has 0 aliphatic rings. The van der Waals surface area contributed by atoms with Gasteiger partial charge in [-0.05, 0) is 39.3 Å². The van der Waals surface area contributed by atoms with Crippen molar-refractivity contribution in [3.05, 3.63) is 29.3 Å². The highest BCUT2D eigenvalue weighted by atomic mass is 32.2. The van der Waals surface area contributed by atoms with Crippen LogP contribution in [0.4, 0.5) is 0 Å². The molecule has 0 heterocycles. The molecule has 0 aromatic heterocycles. The van der Waals surface area contributed by atoms with Crippen LogP contribution in [0.5, 0.6) is 0 Å². The van der Waals surface area contributed by atoms with Crippen LogP contribution < -0.4 is 0 Å². The van der Waals surface area contributed by atoms with E-state index in [1.54, 1.807) is 32.9 Å². The number of hydrogen-bond donors (Lipinski definition) is 0. The molecular weight excluding hydrogens is 248 g/mol. The van der Waals surface area contributed by atoms with Crippen molar-refractivity contribution in [1.29, 1.82) is 5.26 Å². The Morgan fingerprint density at radius 3 is 2.39 bits per heavy atom. The molecule has 1 aromatic carbocycles. The first-order valence-electron chi connectivity index (χ1n) is 5.76. The van der Waals surface area contributed by atoms with Gasteiger partial charge < -0.3 is 0 Å². The summed E-state index contributed by atoms with van der Waals surface area (Å²) in [5.74, 6) is 0. The molecular formula is C13H18N2O2S. The number of sulfonamides is 1. The van der Waals surface area contributed by atoms with Gasteiger partial charge in [0.15, 0.2) is 0 Å². The number of nitriles is 1. The Morgan fingerprint density at radius 1 is 1.33 bits per heavy atom. The minimum atomic E-state index is -3.60. The summed E-state index contributed by atoms with van der Waals surface area (Å²) in [6.45, 7) is 7.08. The molecule has 0 unspecified atom stereocenters. The fourth-order valence-electron chi connectivity index (χ4n) is 1.83. The van der Waals surface area contributed by atoms with Gasteiger partial charge in [-0.15, -0.1) is 0 Å². The van der Waals surface area contributed by atoms with Gasteiger partial charge in [0.25, 0.3) is 0 Å². The van der Waals surface area contributed by atoms with E-state index >= 15 is 0 Å². The molecule has 0 fully saturated rings. The van der Waals surface area contributed by atoms with Crippen LogP contribution in [0.15, 0.2) is 23.1 Å². The summed E-state index contributed by atoms with van der Waals surface area (Å²) >= 11 is 0. The standard InChI is InChI=1S/C13H18N2O2S/c1-10(2)15(8-7-14)18(16,17)13-6-5-11(3)9-12(13)4/h5-6,9-10H,8H2,1-4H3. The summed E-state index contributed by atoms with van der Waals surface area (Å²) < 4.78 is 26.2. The molecule has 0 N–H and O–H groups in total. The Kier molecular flexibility index (Phi) is 4.49. The molecule has 0 spiro atoms. The molecule has 4 nitrogen and oxygen atoms in total. The molecule has 0 saturated heterocycles. The molecule has 1 rings (SSSR count). The topological polar surface area (TPSA) is 61.2 Å². The van der Waals surface area contributed by atoms with Crippen molar-refractivity contribution in [2.24, 2.45) is 0 Å². The first-order chi connectivity index (χ1) is 8.30. The van der Waals surface area contributed by atoms with Gasteiger partial charge in [0.2, 0.25) is 10.0 Å². The second-order valence-electron chi connectivity index (χ2n) is 4.57. The summed E-state index contributed by atoms with van der Waals surface area (Å²) in [4.78, 5) is 0.275. The SMILES string of the molecule is Cc1ccc(S(=O)(=O)N(CC#N)C(C)C)c(C)c1. The van der Waals surface area contributed by atoms with Crippen molar-refractivity contribution in [3.8, 4) is 6.07 Å². The van der Waals surface area contributed by atoms with Gasteiger partial charge in [0.1, 0.15) is 6.54 Å². The van der Waals surface area contributed by atoms with Crippen molar-refractivity contribution >= 4 is 10.0 Å². The van der Waals surface area contributed by atoms with E-state index in [9.17, 15) is 8.42 Å². The van der Waals surface area contributed by atoms with Crippen LogP contribution in [0.25, 0.3) is 0 Å². The van der Waals surface area contributed by atoms with E-state index in [4.69, 9.17) is 5.26 Å². The van der Waals surface area contributed by atoms with E-state index in [0.717, 1.165) is 5.56 Å². The van der Waals surface area contributed by atoms with E-state index in [-0.39, 0.29) is 17.5 Å². The van der Waals surface area contributed by atoms with Crippen LogP contribution >= 0.6 is 0 Å². The van der Waals surface area contributed by atoms with Crippen LogP contribution in [0.3, 0.4) is 0 Å². The Hall–Kier alpha value is -1.38. The van der Waals surface area contributed by atoms with Gasteiger partial charge in [-0.1, -0.05) is 17.7 Å². The lowest BCUT2D eigenvalue weighted by Crippen LogP contribution is -2.37. The van der Waals surface area contributed by atoms with Gasteiger partial charge >= 0.3 is 0 Å². The summed E-state index contributed by atoms with van der Waals surface area (Å²) in [5.41, 5.74) is 1.72. The minimum Gasteiger partial charge on any atom is -0.207 e. The van der Waals surface area contributed by atoms with Crippen LogP contribution in [0.1, 0.15) is 25.0 Å². The van der Waals surface area contributed by atoms with Crippen molar-refractivity contribution in [2.75, 3.05) is 6.54 Å². The van der Waals surface area contributed by atoms with Crippen LogP contribution in [-0.4, -0.2) is 25.3 Å². The largest absolute Gasteiger partial charge is 0.244 e. The predicted octanol–water partition coefficient (Wildman–Crippen LogP) is 2.23. The Balaban J connectivity index is 3.32. The fraction of sp³-hybridized carbons (Fsp3) is 0.462. The second-order valence-corrected chi connectivity index (χ2v) is 6.43. The fourth-order valence-corrected chi connectivity index (χ4v) is 3.57. The van der Waals surface area contributed by atoms with E-state index in [0.29, 0.717) is 5.56 Å². The maximum Gasteiger partial charge on any atom is 0.244 e. The summed E-state index contributed by atoms with van der Waals surface area (Å²) in [5, 5.41) is 8.75. The summed E-state index contributed by atoms with van der Waals surface area (Å²) in [6.07, 6.45) is 0. The van der Waals surface area contributed by atoms with E-state index < -0.39 is 10.0 Å². The highest BCUT2D eigenvalue weighted by molar-refractivity contribution is 7.89. The molecule has 0 amide bonds. The van der Waals surface area contributed by atoms with Gasteiger partial charge in [-0.25, -0.2) is 8.42 Å². The molecule has 5 heteroatoms. The maximum absolute atomic E-state index is 12.5. The lowest BCUT2D eigenvalue weighted by atomic mass is 10.2. The van der Waals surface area contributed by atoms with Gasteiger partial charge in [0, 0.05) is 6.04 Å². The van der Waals surface area contributed by atoms with E-state index in [1.807, 2.05) is 19.1 Å². The number of rotatable bonds is 4. The molecule has 18 heavy (non-hydrogen) atoms. The molecule has 0 aliphatic heterocycles. The van der Waals surface area contributed by atoms with Gasteiger partial charge in [0.05, 0.1) is 11.0 Å². The smallest absolute Gasteiger partial charge is 0.207 e. The second kappa shape index (κ2) is 5.51. The first kappa shape index (κ1) is 14.7. The molecule has 98 valence electrons. The third-order valence-electron chi connectivity index (χ3n) is 2.72. The van der Waals surface area contributed by atoms with Gasteiger partial charge in [-0.2, -0.15) is 9.57 Å². The Labute approximate surface area is 109 Å². The van der Waals surface area contributed by atoms with Crippen molar-refractivity contribution < 1.29 is 8.42 Å². The van der Waals surface area contributed by atoms with Crippen molar-refractivity contribution in [3.63, 3.8) is 0 Å². The molecule has 1 aromatic rings. The number of nitrogens with zero attached hydrogens (tertiary/aromatic N) is 2. The van der Waals surface area contributed by atoms with Crippen molar-refractivity contribution in [1.82, 2.24) is 4.31 Å². The van der Waals surface area contributed by atoms with E-state index in [2.05, 4.69) is 0 Å². The average Bonchev–Trinajstić information content (AvgIpc) is 2.24. The summed E-state index contributed by atoms with van der Waals surface area (Å²) in [7, 11) is -3.60. The van der Waals surface area contributed by atoms with Crippen LogP contribution in [-0.2, 0) is 10.0 Å². The molecule has 0 saturated carbocycles. The lowest BCUT2D eigenvalue weighted by Gasteiger charge is -2.24. The third-order valence-corrected chi connectivity index (χ3v) is 4.90. The zero-order chi connectivity index (χ0) is 13.9. The maximum atomic E-state index is 12.5. The van der Waals surface area contributed by atoms with Gasteiger partial charge in [-0.3, -0.25) is 0 Å². The predicted molar refractivity (Wildman–Crippen MR) is 70.6 cm³/mol. The van der Waals surface area contributed by atoms with Crippen LogP contribution in [0.2, 0.25) is 0 Å². The highest BCUT2D eigenvalue weighted by Gasteiger charge is 2.27. The number of hydrogen-bond acceptors (Lipinski definition) is 3. The molecule has 0 atom stereocenters. The van der Waals surface area contributed by atoms with Crippen molar-refractivity contribution in [2.45, 2.75) is 38.6 Å². The Bertz CT molecular complexity index is 571. The first-order valence-corrected chi connectivity index (χ1v) is 7.20. The monoisotopic (exact) mass is 266 g/mol. The zero-order valence-corrected chi connectivity index (χ0v) is 12.0. The quantitative estimate of drug-likeness (QED) is 0.785. The number of benzene rings is 1. The van der Waals surface area contributed by atoms with Crippen LogP contribution in [0, 0.1) is 25.2 Å². The van der Waals surface area contributed by atoms with E-state index in [1.165, 1.54) is 4.31 Å². The zero-order valence-electron chi connectivity index (χ0n) is 11.1. The molecule has 0 radical (unpaired) electrons. The summed E-state index contributed by atoms with van der Waals surface area (Å²) in [6, 6.07) is 6.87. The third kappa shape index (κ3) is 2.89. The number of aryl methyl sites for hydroxylation is 2. The molecule has 0 bridgehead atoms. The highest BCUT2D eigenvalue weighted by Crippen LogP contribution is 2.22.